The van der Waals surface area contributed by atoms with Crippen LogP contribution in [0.3, 0.4) is 0 Å². The molecule has 76 valence electrons. The molecule has 0 aliphatic rings. The molecule has 0 fully saturated rings. The van der Waals surface area contributed by atoms with Crippen molar-refractivity contribution >= 4 is 29.1 Å². The molecule has 1 aromatic rings. The summed E-state index contributed by atoms with van der Waals surface area (Å²) in [6.07, 6.45) is 0.407. The molecule has 0 atom stereocenters. The third-order valence-electron chi connectivity index (χ3n) is 1.68. The lowest BCUT2D eigenvalue weighted by Gasteiger charge is -2.06. The van der Waals surface area contributed by atoms with E-state index in [2.05, 4.69) is 0 Å². The van der Waals surface area contributed by atoms with E-state index in [4.69, 9.17) is 33.3 Å². The lowest BCUT2D eigenvalue weighted by atomic mass is 10.1. The van der Waals surface area contributed by atoms with Crippen LogP contribution in [-0.2, 0) is 11.2 Å². The Bertz CT molecular complexity index is 339. The van der Waals surface area contributed by atoms with Gasteiger partial charge in [-0.3, -0.25) is 5.41 Å². The van der Waals surface area contributed by atoms with Gasteiger partial charge < -0.3 is 4.74 Å². The highest BCUT2D eigenvalue weighted by Gasteiger charge is 2.04. The standard InChI is InChI=1S/C10H11Cl2NO/c1-2-14-10(13)5-7-3-4-8(11)6-9(7)12/h3-4,6,13H,2,5H2,1H3. The number of ether oxygens (including phenoxy) is 1. The van der Waals surface area contributed by atoms with Crippen LogP contribution in [-0.4, -0.2) is 12.5 Å². The highest BCUT2D eigenvalue weighted by molar-refractivity contribution is 6.35. The molecule has 0 unspecified atom stereocenters. The molecule has 0 heterocycles. The zero-order chi connectivity index (χ0) is 10.6. The Morgan fingerprint density at radius 1 is 1.43 bits per heavy atom. The molecule has 4 heteroatoms. The van der Waals surface area contributed by atoms with Crippen LogP contribution in [0.25, 0.3) is 0 Å². The van der Waals surface area contributed by atoms with Gasteiger partial charge in [-0.25, -0.2) is 0 Å². The number of halogens is 2. The lowest BCUT2D eigenvalue weighted by Crippen LogP contribution is -2.06. The Hall–Kier alpha value is -0.730. The van der Waals surface area contributed by atoms with Gasteiger partial charge in [0.2, 0.25) is 0 Å². The van der Waals surface area contributed by atoms with E-state index >= 15 is 0 Å². The van der Waals surface area contributed by atoms with Crippen molar-refractivity contribution in [1.82, 2.24) is 0 Å². The number of nitrogens with one attached hydrogen (secondary N) is 1. The van der Waals surface area contributed by atoms with Crippen molar-refractivity contribution in [3.05, 3.63) is 33.8 Å². The number of hydrogen-bond donors (Lipinski definition) is 1. The van der Waals surface area contributed by atoms with E-state index in [0.717, 1.165) is 5.56 Å². The Balaban J connectivity index is 2.72. The van der Waals surface area contributed by atoms with Crippen molar-refractivity contribution in [3.8, 4) is 0 Å². The maximum Gasteiger partial charge on any atom is 0.184 e. The van der Waals surface area contributed by atoms with E-state index < -0.39 is 0 Å². The summed E-state index contributed by atoms with van der Waals surface area (Å²) in [5.41, 5.74) is 0.856. The molecule has 0 radical (unpaired) electrons. The van der Waals surface area contributed by atoms with Crippen LogP contribution >= 0.6 is 23.2 Å². The summed E-state index contributed by atoms with van der Waals surface area (Å²) < 4.78 is 5.02. The third-order valence-corrected chi connectivity index (χ3v) is 2.27. The van der Waals surface area contributed by atoms with Gasteiger partial charge in [0.25, 0.3) is 0 Å². The van der Waals surface area contributed by atoms with Gasteiger partial charge in [0, 0.05) is 16.5 Å². The molecular weight excluding hydrogens is 221 g/mol. The molecular formula is C10H11Cl2NO. The summed E-state index contributed by atoms with van der Waals surface area (Å²) in [6.45, 7) is 2.35. The topological polar surface area (TPSA) is 33.1 Å². The largest absolute Gasteiger partial charge is 0.481 e. The summed E-state index contributed by atoms with van der Waals surface area (Å²) in [5, 5.41) is 8.63. The zero-order valence-electron chi connectivity index (χ0n) is 7.81. The second-order valence-electron chi connectivity index (χ2n) is 2.77. The third kappa shape index (κ3) is 3.20. The van der Waals surface area contributed by atoms with Crippen LogP contribution < -0.4 is 0 Å². The Morgan fingerprint density at radius 3 is 2.71 bits per heavy atom. The molecule has 0 saturated carbocycles. The van der Waals surface area contributed by atoms with E-state index in [1.54, 1.807) is 18.2 Å². The maximum atomic E-state index is 7.46. The molecule has 1 aromatic carbocycles. The van der Waals surface area contributed by atoms with Crippen molar-refractivity contribution in [1.29, 1.82) is 5.41 Å². The van der Waals surface area contributed by atoms with E-state index in [0.29, 0.717) is 23.1 Å². The molecule has 0 aliphatic heterocycles. The van der Waals surface area contributed by atoms with E-state index in [-0.39, 0.29) is 5.90 Å². The Morgan fingerprint density at radius 2 is 2.14 bits per heavy atom. The first-order valence-corrected chi connectivity index (χ1v) is 5.03. The van der Waals surface area contributed by atoms with Crippen LogP contribution in [0.1, 0.15) is 12.5 Å². The van der Waals surface area contributed by atoms with Crippen LogP contribution in [0.2, 0.25) is 10.0 Å². The van der Waals surface area contributed by atoms with Gasteiger partial charge in [-0.15, -0.1) is 0 Å². The zero-order valence-corrected chi connectivity index (χ0v) is 9.32. The van der Waals surface area contributed by atoms with Crippen molar-refractivity contribution in [2.75, 3.05) is 6.61 Å². The van der Waals surface area contributed by atoms with Crippen molar-refractivity contribution in [2.45, 2.75) is 13.3 Å². The Labute approximate surface area is 93.3 Å². The summed E-state index contributed by atoms with van der Waals surface area (Å²) in [4.78, 5) is 0. The maximum absolute atomic E-state index is 7.46. The van der Waals surface area contributed by atoms with Crippen LogP contribution in [0.5, 0.6) is 0 Å². The SMILES string of the molecule is CCOC(=N)Cc1ccc(Cl)cc1Cl. The first kappa shape index (κ1) is 11.3. The van der Waals surface area contributed by atoms with Gasteiger partial charge in [0.1, 0.15) is 0 Å². The fourth-order valence-corrected chi connectivity index (χ4v) is 1.54. The molecule has 0 saturated heterocycles. The molecule has 1 N–H and O–H groups in total. The summed E-state index contributed by atoms with van der Waals surface area (Å²) in [6, 6.07) is 5.22. The summed E-state index contributed by atoms with van der Waals surface area (Å²) >= 11 is 11.7. The average molecular weight is 232 g/mol. The molecule has 0 spiro atoms. The van der Waals surface area contributed by atoms with E-state index in [9.17, 15) is 0 Å². The molecule has 14 heavy (non-hydrogen) atoms. The number of benzene rings is 1. The second-order valence-corrected chi connectivity index (χ2v) is 3.61. The molecule has 2 nitrogen and oxygen atoms in total. The summed E-state index contributed by atoms with van der Waals surface area (Å²) in [7, 11) is 0. The highest BCUT2D eigenvalue weighted by Crippen LogP contribution is 2.21. The van der Waals surface area contributed by atoms with Crippen molar-refractivity contribution < 1.29 is 4.74 Å². The first-order valence-electron chi connectivity index (χ1n) is 4.27. The molecule has 0 bridgehead atoms. The normalized spacial score (nSPS) is 9.93. The predicted octanol–water partition coefficient (Wildman–Crippen LogP) is 3.55. The quantitative estimate of drug-likeness (QED) is 0.627. The summed E-state index contributed by atoms with van der Waals surface area (Å²) in [5.74, 6) is 0.219. The monoisotopic (exact) mass is 231 g/mol. The van der Waals surface area contributed by atoms with E-state index in [1.807, 2.05) is 6.92 Å². The van der Waals surface area contributed by atoms with Gasteiger partial charge in [-0.1, -0.05) is 29.3 Å². The minimum Gasteiger partial charge on any atom is -0.481 e. The fraction of sp³-hybridized carbons (Fsp3) is 0.300. The fourth-order valence-electron chi connectivity index (χ4n) is 1.06. The first-order chi connectivity index (χ1) is 6.63. The van der Waals surface area contributed by atoms with E-state index in [1.165, 1.54) is 0 Å². The molecule has 1 rings (SSSR count). The van der Waals surface area contributed by atoms with Gasteiger partial charge in [-0.2, -0.15) is 0 Å². The van der Waals surface area contributed by atoms with Crippen molar-refractivity contribution in [3.63, 3.8) is 0 Å². The minimum absolute atomic E-state index is 0.219. The van der Waals surface area contributed by atoms with Crippen LogP contribution in [0.4, 0.5) is 0 Å². The molecule has 0 aliphatic carbocycles. The van der Waals surface area contributed by atoms with Crippen LogP contribution in [0, 0.1) is 5.41 Å². The highest BCUT2D eigenvalue weighted by atomic mass is 35.5. The van der Waals surface area contributed by atoms with Gasteiger partial charge in [-0.05, 0) is 24.6 Å². The smallest absolute Gasteiger partial charge is 0.184 e. The van der Waals surface area contributed by atoms with Gasteiger partial charge in [0.05, 0.1) is 6.61 Å². The lowest BCUT2D eigenvalue weighted by molar-refractivity contribution is 0.317. The second kappa shape index (κ2) is 5.23. The average Bonchev–Trinajstić information content (AvgIpc) is 2.10. The molecule has 0 aromatic heterocycles. The number of hydrogen-bond acceptors (Lipinski definition) is 2. The molecule has 0 amide bonds. The predicted molar refractivity (Wildman–Crippen MR) is 59.5 cm³/mol. The van der Waals surface area contributed by atoms with Gasteiger partial charge in [0.15, 0.2) is 5.90 Å². The number of rotatable bonds is 3. The van der Waals surface area contributed by atoms with Crippen molar-refractivity contribution in [2.24, 2.45) is 0 Å². The van der Waals surface area contributed by atoms with Crippen LogP contribution in [0.15, 0.2) is 18.2 Å². The Kier molecular flexibility index (Phi) is 4.23. The minimum atomic E-state index is 0.219. The van der Waals surface area contributed by atoms with Gasteiger partial charge >= 0.3 is 0 Å².